The topological polar surface area (TPSA) is 75.3 Å². The molecule has 0 aliphatic heterocycles. The van der Waals surface area contributed by atoms with Crippen LogP contribution in [-0.4, -0.2) is 13.1 Å². The van der Waals surface area contributed by atoms with Gasteiger partial charge in [-0.1, -0.05) is 0 Å². The fraction of sp³-hybridized carbons (Fsp3) is 0.143. The monoisotopic (exact) mass is 274 g/mol. The van der Waals surface area contributed by atoms with Crippen LogP contribution in [0.15, 0.2) is 34.7 Å². The van der Waals surface area contributed by atoms with E-state index in [2.05, 4.69) is 10.1 Å². The number of methoxy groups -OCH3 is 1. The fourth-order valence-corrected chi connectivity index (χ4v) is 1.62. The molecule has 1 N–H and O–H groups in total. The Morgan fingerprint density at radius 1 is 1.45 bits per heavy atom. The lowest BCUT2D eigenvalue weighted by Crippen LogP contribution is -2.06. The van der Waals surface area contributed by atoms with Gasteiger partial charge < -0.3 is 14.5 Å². The molecule has 20 heavy (non-hydrogen) atoms. The summed E-state index contributed by atoms with van der Waals surface area (Å²) in [5.41, 5.74) is 0.399. The van der Waals surface area contributed by atoms with Crippen LogP contribution in [0.3, 0.4) is 0 Å². The van der Waals surface area contributed by atoms with Crippen molar-refractivity contribution in [2.24, 2.45) is 0 Å². The highest BCUT2D eigenvalue weighted by molar-refractivity contribution is 5.90. The van der Waals surface area contributed by atoms with Gasteiger partial charge in [0.25, 0.3) is 0 Å². The van der Waals surface area contributed by atoms with Crippen molar-refractivity contribution >= 4 is 11.7 Å². The second-order valence-corrected chi connectivity index (χ2v) is 3.92. The summed E-state index contributed by atoms with van der Waals surface area (Å²) >= 11 is 0. The second kappa shape index (κ2) is 5.89. The van der Waals surface area contributed by atoms with Gasteiger partial charge in [0.1, 0.15) is 17.6 Å². The number of ether oxygens (including phenoxy) is 1. The number of nitrogens with one attached hydrogen (secondary N) is 1. The lowest BCUT2D eigenvalue weighted by Gasteiger charge is -2.07. The van der Waals surface area contributed by atoms with Gasteiger partial charge in [0.05, 0.1) is 19.2 Å². The number of carbonyl (C=O) groups excluding carboxylic acids is 1. The third-order valence-electron chi connectivity index (χ3n) is 2.61. The largest absolute Gasteiger partial charge is 0.465 e. The van der Waals surface area contributed by atoms with Gasteiger partial charge in [-0.3, -0.25) is 0 Å². The van der Waals surface area contributed by atoms with Crippen LogP contribution in [0.25, 0.3) is 0 Å². The van der Waals surface area contributed by atoms with Gasteiger partial charge in [-0.15, -0.1) is 0 Å². The number of anilines is 1. The van der Waals surface area contributed by atoms with Gasteiger partial charge >= 0.3 is 5.97 Å². The maximum absolute atomic E-state index is 13.4. The maximum atomic E-state index is 13.4. The first-order valence-corrected chi connectivity index (χ1v) is 5.74. The Labute approximate surface area is 114 Å². The molecular formula is C14H11FN2O3. The minimum atomic E-state index is -0.740. The average Bonchev–Trinajstić information content (AvgIpc) is 2.93. The summed E-state index contributed by atoms with van der Waals surface area (Å²) in [4.78, 5) is 11.4. The highest BCUT2D eigenvalue weighted by Crippen LogP contribution is 2.17. The molecule has 1 heterocycles. The molecule has 0 amide bonds. The van der Waals surface area contributed by atoms with Crippen molar-refractivity contribution in [3.63, 3.8) is 0 Å². The van der Waals surface area contributed by atoms with Crippen molar-refractivity contribution in [3.8, 4) is 6.07 Å². The quantitative estimate of drug-likeness (QED) is 0.867. The molecule has 5 nitrogen and oxygen atoms in total. The lowest BCUT2D eigenvalue weighted by atomic mass is 10.2. The molecule has 2 aromatic rings. The molecule has 0 radical (unpaired) electrons. The second-order valence-electron chi connectivity index (χ2n) is 3.92. The summed E-state index contributed by atoms with van der Waals surface area (Å²) in [5.74, 6) is -0.607. The molecule has 0 saturated heterocycles. The molecule has 2 rings (SSSR count). The van der Waals surface area contributed by atoms with E-state index in [9.17, 15) is 9.18 Å². The molecule has 6 heteroatoms. The van der Waals surface area contributed by atoms with Gasteiger partial charge in [0.2, 0.25) is 5.76 Å². The number of esters is 1. The Bertz CT molecular complexity index is 673. The van der Waals surface area contributed by atoms with Crippen LogP contribution in [0.4, 0.5) is 10.1 Å². The number of halogens is 1. The number of benzene rings is 1. The number of furan rings is 1. The number of carbonyl (C=O) groups is 1. The molecule has 0 aliphatic carbocycles. The minimum Gasteiger partial charge on any atom is -0.465 e. The summed E-state index contributed by atoms with van der Waals surface area (Å²) < 4.78 is 23.1. The van der Waals surface area contributed by atoms with E-state index in [0.717, 1.165) is 0 Å². The Balaban J connectivity index is 2.10. The molecular weight excluding hydrogens is 263 g/mol. The lowest BCUT2D eigenvalue weighted by molar-refractivity contribution is 0.0595. The van der Waals surface area contributed by atoms with E-state index >= 15 is 0 Å². The maximum Gasteiger partial charge on any atom is 0.340 e. The number of hydrogen-bond acceptors (Lipinski definition) is 5. The molecule has 0 spiro atoms. The minimum absolute atomic E-state index is 0.144. The predicted octanol–water partition coefficient (Wildman–Crippen LogP) is 2.69. The van der Waals surface area contributed by atoms with Crippen molar-refractivity contribution in [2.45, 2.75) is 6.54 Å². The molecule has 0 unspecified atom stereocenters. The number of nitrogens with zero attached hydrogens (tertiary/aromatic N) is 1. The van der Waals surface area contributed by atoms with Crippen LogP contribution in [0.1, 0.15) is 21.9 Å². The van der Waals surface area contributed by atoms with Crippen molar-refractivity contribution in [1.82, 2.24) is 0 Å². The molecule has 1 aromatic carbocycles. The fourth-order valence-electron chi connectivity index (χ4n) is 1.62. The third-order valence-corrected chi connectivity index (χ3v) is 2.61. The molecule has 0 bridgehead atoms. The van der Waals surface area contributed by atoms with E-state index < -0.39 is 11.8 Å². The van der Waals surface area contributed by atoms with E-state index in [1.165, 1.54) is 25.3 Å². The smallest absolute Gasteiger partial charge is 0.340 e. The van der Waals surface area contributed by atoms with Gasteiger partial charge in [-0.05, 0) is 30.3 Å². The number of rotatable bonds is 4. The summed E-state index contributed by atoms with van der Waals surface area (Å²) in [6.07, 6.45) is 0. The SMILES string of the molecule is COC(=O)c1cc(NCc2ccc(C#N)o2)ccc1F. The predicted molar refractivity (Wildman–Crippen MR) is 68.5 cm³/mol. The molecule has 102 valence electrons. The summed E-state index contributed by atoms with van der Waals surface area (Å²) in [6.45, 7) is 0.313. The van der Waals surface area contributed by atoms with Crippen LogP contribution in [0.5, 0.6) is 0 Å². The van der Waals surface area contributed by atoms with Crippen LogP contribution < -0.4 is 5.32 Å². The van der Waals surface area contributed by atoms with Crippen molar-refractivity contribution in [2.75, 3.05) is 12.4 Å². The van der Waals surface area contributed by atoms with E-state index in [0.29, 0.717) is 18.0 Å². The first kappa shape index (κ1) is 13.6. The van der Waals surface area contributed by atoms with Gasteiger partial charge in [-0.2, -0.15) is 5.26 Å². The van der Waals surface area contributed by atoms with E-state index in [1.54, 1.807) is 12.1 Å². The van der Waals surface area contributed by atoms with Crippen molar-refractivity contribution in [1.29, 1.82) is 5.26 Å². The highest BCUT2D eigenvalue weighted by atomic mass is 19.1. The third kappa shape index (κ3) is 2.95. The van der Waals surface area contributed by atoms with E-state index in [4.69, 9.17) is 9.68 Å². The first-order chi connectivity index (χ1) is 9.63. The summed E-state index contributed by atoms with van der Waals surface area (Å²) in [5, 5.41) is 11.6. The molecule has 0 fully saturated rings. The molecule has 0 aliphatic rings. The Kier molecular flexibility index (Phi) is 4.01. The Morgan fingerprint density at radius 2 is 2.25 bits per heavy atom. The number of hydrogen-bond donors (Lipinski definition) is 1. The van der Waals surface area contributed by atoms with Crippen molar-refractivity contribution < 1.29 is 18.3 Å². The molecule has 0 atom stereocenters. The first-order valence-electron chi connectivity index (χ1n) is 5.74. The van der Waals surface area contributed by atoms with Gasteiger partial charge in [0.15, 0.2) is 0 Å². The van der Waals surface area contributed by atoms with Crippen LogP contribution >= 0.6 is 0 Å². The zero-order valence-corrected chi connectivity index (χ0v) is 10.6. The summed E-state index contributed by atoms with van der Waals surface area (Å²) in [7, 11) is 1.19. The van der Waals surface area contributed by atoms with Crippen LogP contribution in [0.2, 0.25) is 0 Å². The zero-order chi connectivity index (χ0) is 14.5. The van der Waals surface area contributed by atoms with Crippen LogP contribution in [0, 0.1) is 17.1 Å². The average molecular weight is 274 g/mol. The van der Waals surface area contributed by atoms with Gasteiger partial charge in [0, 0.05) is 5.69 Å². The molecule has 0 saturated carbocycles. The zero-order valence-electron chi connectivity index (χ0n) is 10.6. The van der Waals surface area contributed by atoms with Crippen LogP contribution in [-0.2, 0) is 11.3 Å². The van der Waals surface area contributed by atoms with Crippen molar-refractivity contribution in [3.05, 3.63) is 53.2 Å². The Hall–Kier alpha value is -2.81. The highest BCUT2D eigenvalue weighted by Gasteiger charge is 2.12. The Morgan fingerprint density at radius 3 is 2.90 bits per heavy atom. The summed E-state index contributed by atoms with van der Waals surface area (Å²) in [6, 6.07) is 9.13. The standard InChI is InChI=1S/C14H11FN2O3/c1-19-14(18)12-6-9(2-5-13(12)15)17-8-11-4-3-10(7-16)20-11/h2-6,17H,8H2,1H3. The number of nitriles is 1. The van der Waals surface area contributed by atoms with E-state index in [-0.39, 0.29) is 11.3 Å². The van der Waals surface area contributed by atoms with E-state index in [1.807, 2.05) is 6.07 Å². The van der Waals surface area contributed by atoms with Gasteiger partial charge in [-0.25, -0.2) is 9.18 Å². The molecule has 1 aromatic heterocycles. The normalized spacial score (nSPS) is 9.85.